The van der Waals surface area contributed by atoms with E-state index in [4.69, 9.17) is 17.3 Å². The summed E-state index contributed by atoms with van der Waals surface area (Å²) in [7, 11) is 9.02. The second-order valence-corrected chi connectivity index (χ2v) is 3.54. The number of para-hydroxylation sites is 1. The molecule has 86 valence electrons. The first-order chi connectivity index (χ1) is 8.27. The van der Waals surface area contributed by atoms with Gasteiger partial charge in [-0.3, -0.25) is 0 Å². The lowest BCUT2D eigenvalue weighted by Crippen LogP contribution is -2.19. The molecular weight excluding hydrogens is 215 g/mol. The van der Waals surface area contributed by atoms with Gasteiger partial charge in [-0.1, -0.05) is 23.7 Å². The first-order valence-corrected chi connectivity index (χ1v) is 5.22. The van der Waals surface area contributed by atoms with Crippen LogP contribution < -0.4 is 5.46 Å². The van der Waals surface area contributed by atoms with Gasteiger partial charge in [0, 0.05) is 20.4 Å². The van der Waals surface area contributed by atoms with Crippen LogP contribution in [0.1, 0.15) is 12.0 Å². The number of benzene rings is 1. The van der Waals surface area contributed by atoms with Crippen molar-refractivity contribution >= 4 is 13.3 Å². The van der Waals surface area contributed by atoms with Crippen molar-refractivity contribution in [2.75, 3.05) is 14.2 Å². The zero-order valence-electron chi connectivity index (χ0n) is 9.83. The summed E-state index contributed by atoms with van der Waals surface area (Å²) in [5.41, 5.74) is 2.15. The van der Waals surface area contributed by atoms with Crippen LogP contribution in [0.15, 0.2) is 36.5 Å². The number of rotatable bonds is 4. The first kappa shape index (κ1) is 11.9. The van der Waals surface area contributed by atoms with E-state index in [-0.39, 0.29) is 0 Å². The molecule has 0 spiro atoms. The molecule has 0 fully saturated rings. The van der Waals surface area contributed by atoms with Gasteiger partial charge in [-0.05, 0) is 12.1 Å². The van der Waals surface area contributed by atoms with E-state index in [2.05, 4.69) is 5.10 Å². The number of methoxy groups -OCH3 is 2. The van der Waals surface area contributed by atoms with Crippen LogP contribution in [-0.4, -0.2) is 31.8 Å². The summed E-state index contributed by atoms with van der Waals surface area (Å²) in [6, 6.07) is 9.70. The van der Waals surface area contributed by atoms with E-state index in [9.17, 15) is 0 Å². The van der Waals surface area contributed by atoms with E-state index < -0.39 is 6.29 Å². The molecule has 0 saturated carbocycles. The molecule has 4 nitrogen and oxygen atoms in total. The van der Waals surface area contributed by atoms with Gasteiger partial charge >= 0.3 is 0 Å². The van der Waals surface area contributed by atoms with Crippen molar-refractivity contribution < 1.29 is 9.47 Å². The van der Waals surface area contributed by atoms with Crippen LogP contribution in [0, 0.1) is 0 Å². The van der Waals surface area contributed by atoms with Crippen LogP contribution in [-0.2, 0) is 9.47 Å². The fourth-order valence-corrected chi connectivity index (χ4v) is 1.70. The Hall–Kier alpha value is -1.59. The van der Waals surface area contributed by atoms with Gasteiger partial charge in [0.05, 0.1) is 11.4 Å². The molecular formula is C12H13BN2O2. The van der Waals surface area contributed by atoms with Crippen LogP contribution in [0.2, 0.25) is 0 Å². The number of nitrogens with zero attached hydrogens (tertiary/aromatic N) is 2. The van der Waals surface area contributed by atoms with Crippen LogP contribution in [0.3, 0.4) is 0 Å². The Bertz CT molecular complexity index is 481. The summed E-state index contributed by atoms with van der Waals surface area (Å²) in [6.07, 6.45) is 1.06. The fourth-order valence-electron chi connectivity index (χ4n) is 1.70. The van der Waals surface area contributed by atoms with E-state index >= 15 is 0 Å². The second kappa shape index (κ2) is 5.16. The largest absolute Gasteiger partial charge is 0.350 e. The highest BCUT2D eigenvalue weighted by Crippen LogP contribution is 2.18. The molecule has 0 amide bonds. The molecule has 17 heavy (non-hydrogen) atoms. The molecule has 2 radical (unpaired) electrons. The monoisotopic (exact) mass is 228 g/mol. The molecule has 0 bridgehead atoms. The van der Waals surface area contributed by atoms with Gasteiger partial charge in [0.1, 0.15) is 7.85 Å². The van der Waals surface area contributed by atoms with Gasteiger partial charge in [0.2, 0.25) is 0 Å². The van der Waals surface area contributed by atoms with Crippen molar-refractivity contribution in [3.63, 3.8) is 0 Å². The third-order valence-electron chi connectivity index (χ3n) is 2.49. The highest BCUT2D eigenvalue weighted by molar-refractivity contribution is 6.33. The third-order valence-corrected chi connectivity index (χ3v) is 2.49. The van der Waals surface area contributed by atoms with Crippen molar-refractivity contribution in [2.24, 2.45) is 0 Å². The first-order valence-electron chi connectivity index (χ1n) is 5.22. The smallest absolute Gasteiger partial charge is 0.200 e. The van der Waals surface area contributed by atoms with E-state index in [1.54, 1.807) is 25.1 Å². The maximum absolute atomic E-state index is 5.89. The Balaban J connectivity index is 2.49. The van der Waals surface area contributed by atoms with E-state index in [1.807, 2.05) is 30.3 Å². The van der Waals surface area contributed by atoms with Crippen molar-refractivity contribution in [3.05, 3.63) is 42.2 Å². The Labute approximate surface area is 102 Å². The minimum atomic E-state index is -0.530. The maximum Gasteiger partial charge on any atom is 0.200 e. The van der Waals surface area contributed by atoms with Crippen LogP contribution in [0.5, 0.6) is 0 Å². The molecule has 5 heteroatoms. The average molecular weight is 228 g/mol. The van der Waals surface area contributed by atoms with Crippen LogP contribution >= 0.6 is 0 Å². The number of ether oxygens (including phenoxy) is 2. The van der Waals surface area contributed by atoms with Crippen LogP contribution in [0.25, 0.3) is 5.69 Å². The quantitative estimate of drug-likeness (QED) is 0.577. The minimum Gasteiger partial charge on any atom is -0.350 e. The van der Waals surface area contributed by atoms with Crippen molar-refractivity contribution in [1.29, 1.82) is 0 Å². The minimum absolute atomic E-state index is 0.530. The molecule has 1 heterocycles. The van der Waals surface area contributed by atoms with Gasteiger partial charge in [-0.2, -0.15) is 5.10 Å². The zero-order chi connectivity index (χ0) is 12.3. The molecule has 2 rings (SSSR count). The maximum atomic E-state index is 5.89. The number of hydrogen-bond acceptors (Lipinski definition) is 3. The number of aromatic nitrogens is 2. The topological polar surface area (TPSA) is 36.3 Å². The van der Waals surface area contributed by atoms with E-state index in [0.29, 0.717) is 11.2 Å². The number of hydrogen-bond donors (Lipinski definition) is 0. The SMILES string of the molecule is [B]c1cnn(-c2ccccc2)c1C(OC)OC. The Morgan fingerprint density at radius 3 is 2.41 bits per heavy atom. The molecule has 0 aliphatic rings. The zero-order valence-corrected chi connectivity index (χ0v) is 9.83. The summed E-state index contributed by atoms with van der Waals surface area (Å²) in [5, 5.41) is 4.23. The molecule has 0 aliphatic carbocycles. The molecule has 2 aromatic rings. The van der Waals surface area contributed by atoms with Gasteiger partial charge in [0.15, 0.2) is 6.29 Å². The summed E-state index contributed by atoms with van der Waals surface area (Å²) in [4.78, 5) is 0. The Morgan fingerprint density at radius 1 is 1.18 bits per heavy atom. The predicted octanol–water partition coefficient (Wildman–Crippen LogP) is 0.958. The summed E-state index contributed by atoms with van der Waals surface area (Å²) in [5.74, 6) is 0. The highest BCUT2D eigenvalue weighted by atomic mass is 16.7. The molecule has 0 N–H and O–H groups in total. The molecule has 0 unspecified atom stereocenters. The standard InChI is InChI=1S/C12H13BN2O2/c1-16-12(17-2)11-10(13)8-14-15(11)9-6-4-3-5-7-9/h3-8,12H,1-2H3. The summed E-state index contributed by atoms with van der Waals surface area (Å²) >= 11 is 0. The Kier molecular flexibility index (Phi) is 3.61. The lowest BCUT2D eigenvalue weighted by molar-refractivity contribution is -0.109. The average Bonchev–Trinajstić information content (AvgIpc) is 2.75. The molecule has 1 aromatic carbocycles. The second-order valence-electron chi connectivity index (χ2n) is 3.54. The van der Waals surface area contributed by atoms with Crippen molar-refractivity contribution in [1.82, 2.24) is 9.78 Å². The summed E-state index contributed by atoms with van der Waals surface area (Å²) < 4.78 is 12.2. The lowest BCUT2D eigenvalue weighted by Gasteiger charge is -2.16. The Morgan fingerprint density at radius 2 is 1.82 bits per heavy atom. The summed E-state index contributed by atoms with van der Waals surface area (Å²) in [6.45, 7) is 0. The van der Waals surface area contributed by atoms with Crippen molar-refractivity contribution in [3.8, 4) is 5.69 Å². The van der Waals surface area contributed by atoms with Gasteiger partial charge in [-0.25, -0.2) is 4.68 Å². The highest BCUT2D eigenvalue weighted by Gasteiger charge is 2.18. The third kappa shape index (κ3) is 2.25. The van der Waals surface area contributed by atoms with Gasteiger partial charge in [0.25, 0.3) is 0 Å². The van der Waals surface area contributed by atoms with Gasteiger partial charge < -0.3 is 9.47 Å². The molecule has 0 atom stereocenters. The van der Waals surface area contributed by atoms with Gasteiger partial charge in [-0.15, -0.1) is 0 Å². The van der Waals surface area contributed by atoms with Crippen molar-refractivity contribution in [2.45, 2.75) is 6.29 Å². The van der Waals surface area contributed by atoms with Crippen LogP contribution in [0.4, 0.5) is 0 Å². The molecule has 1 aromatic heterocycles. The fraction of sp³-hybridized carbons (Fsp3) is 0.250. The van der Waals surface area contributed by atoms with E-state index in [1.165, 1.54) is 0 Å². The normalized spacial score (nSPS) is 11.0. The molecule has 0 saturated heterocycles. The lowest BCUT2D eigenvalue weighted by atomic mass is 9.96. The molecule has 0 aliphatic heterocycles. The van der Waals surface area contributed by atoms with E-state index in [0.717, 1.165) is 5.69 Å². The predicted molar refractivity (Wildman–Crippen MR) is 65.7 cm³/mol.